The molecule has 0 amide bonds. The number of ether oxygens (including phenoxy) is 1. The fourth-order valence-electron chi connectivity index (χ4n) is 1.45. The van der Waals surface area contributed by atoms with E-state index < -0.39 is 0 Å². The lowest BCUT2D eigenvalue weighted by Crippen LogP contribution is -2.46. The van der Waals surface area contributed by atoms with Gasteiger partial charge in [-0.2, -0.15) is 0 Å². The quantitative estimate of drug-likeness (QED) is 0.623. The van der Waals surface area contributed by atoms with Gasteiger partial charge in [0.05, 0.1) is 0 Å². The third-order valence-corrected chi connectivity index (χ3v) is 1.86. The van der Waals surface area contributed by atoms with Crippen LogP contribution < -0.4 is 5.32 Å². The summed E-state index contributed by atoms with van der Waals surface area (Å²) in [6.45, 7) is 8.48. The molecule has 1 heterocycles. The van der Waals surface area contributed by atoms with E-state index in [1.165, 1.54) is 0 Å². The Labute approximate surface area is 69.3 Å². The van der Waals surface area contributed by atoms with Crippen molar-refractivity contribution in [3.05, 3.63) is 0 Å². The smallest absolute Gasteiger partial charge is 0.0480 e. The van der Waals surface area contributed by atoms with Crippen LogP contribution in [0.5, 0.6) is 0 Å². The molecule has 1 rings (SSSR count). The van der Waals surface area contributed by atoms with E-state index in [1.807, 2.05) is 0 Å². The Hall–Kier alpha value is -0.0800. The first-order chi connectivity index (χ1) is 5.08. The van der Waals surface area contributed by atoms with Crippen LogP contribution in [0.15, 0.2) is 0 Å². The van der Waals surface area contributed by atoms with Crippen LogP contribution in [-0.2, 0) is 4.74 Å². The molecule has 1 saturated heterocycles. The highest BCUT2D eigenvalue weighted by Crippen LogP contribution is 2.10. The zero-order valence-corrected chi connectivity index (χ0v) is 7.81. The molecule has 0 aliphatic carbocycles. The minimum atomic E-state index is 0.252. The van der Waals surface area contributed by atoms with E-state index in [9.17, 15) is 0 Å². The van der Waals surface area contributed by atoms with E-state index in [0.717, 1.165) is 26.1 Å². The Kier molecular flexibility index (Phi) is 2.90. The normalized spacial score (nSPS) is 22.1. The lowest BCUT2D eigenvalue weighted by Gasteiger charge is -2.31. The van der Waals surface area contributed by atoms with Gasteiger partial charge in [0.2, 0.25) is 0 Å². The Morgan fingerprint density at radius 3 is 2.18 bits per heavy atom. The van der Waals surface area contributed by atoms with E-state index in [-0.39, 0.29) is 5.54 Å². The van der Waals surface area contributed by atoms with Gasteiger partial charge in [0, 0.05) is 24.8 Å². The van der Waals surface area contributed by atoms with E-state index in [4.69, 9.17) is 4.74 Å². The Morgan fingerprint density at radius 2 is 1.73 bits per heavy atom. The molecule has 0 unspecified atom stereocenters. The monoisotopic (exact) mass is 157 g/mol. The van der Waals surface area contributed by atoms with E-state index in [0.29, 0.717) is 6.04 Å². The lowest BCUT2D eigenvalue weighted by atomic mass is 10.0. The standard InChI is InChI=1S/C9H19NO/c1-9(2,3)10-8-4-6-11-7-5-8/h8,10H,4-7H2,1-3H3. The summed E-state index contributed by atoms with van der Waals surface area (Å²) in [4.78, 5) is 0. The van der Waals surface area contributed by atoms with E-state index >= 15 is 0 Å². The molecular weight excluding hydrogens is 138 g/mol. The second-order valence-corrected chi connectivity index (χ2v) is 4.28. The fourth-order valence-corrected chi connectivity index (χ4v) is 1.45. The van der Waals surface area contributed by atoms with Crippen LogP contribution in [0.4, 0.5) is 0 Å². The predicted molar refractivity (Wildman–Crippen MR) is 46.7 cm³/mol. The molecule has 0 spiro atoms. The van der Waals surface area contributed by atoms with Gasteiger partial charge < -0.3 is 10.1 Å². The maximum atomic E-state index is 5.27. The minimum Gasteiger partial charge on any atom is -0.381 e. The molecule has 0 radical (unpaired) electrons. The van der Waals surface area contributed by atoms with E-state index in [1.54, 1.807) is 0 Å². The van der Waals surface area contributed by atoms with Crippen LogP contribution in [0.25, 0.3) is 0 Å². The summed E-state index contributed by atoms with van der Waals surface area (Å²) in [5.41, 5.74) is 0.252. The average molecular weight is 157 g/mol. The largest absolute Gasteiger partial charge is 0.381 e. The molecule has 1 aliphatic rings. The first kappa shape index (κ1) is 9.01. The third kappa shape index (κ3) is 3.73. The summed E-state index contributed by atoms with van der Waals surface area (Å²) in [7, 11) is 0. The lowest BCUT2D eigenvalue weighted by molar-refractivity contribution is 0.0714. The van der Waals surface area contributed by atoms with Crippen molar-refractivity contribution in [3.8, 4) is 0 Å². The van der Waals surface area contributed by atoms with Gasteiger partial charge in [0.25, 0.3) is 0 Å². The van der Waals surface area contributed by atoms with Crippen LogP contribution in [0.1, 0.15) is 33.6 Å². The van der Waals surface area contributed by atoms with Gasteiger partial charge in [-0.05, 0) is 33.6 Å². The Bertz CT molecular complexity index is 111. The molecule has 0 bridgehead atoms. The molecule has 2 nitrogen and oxygen atoms in total. The zero-order valence-electron chi connectivity index (χ0n) is 7.81. The van der Waals surface area contributed by atoms with Crippen molar-refractivity contribution in [2.45, 2.75) is 45.2 Å². The topological polar surface area (TPSA) is 21.3 Å². The van der Waals surface area contributed by atoms with Gasteiger partial charge in [-0.3, -0.25) is 0 Å². The van der Waals surface area contributed by atoms with Gasteiger partial charge in [-0.15, -0.1) is 0 Å². The van der Waals surface area contributed by atoms with Gasteiger partial charge >= 0.3 is 0 Å². The molecule has 2 heteroatoms. The predicted octanol–water partition coefficient (Wildman–Crippen LogP) is 1.55. The summed E-state index contributed by atoms with van der Waals surface area (Å²) in [6.07, 6.45) is 2.33. The third-order valence-electron chi connectivity index (χ3n) is 1.86. The molecule has 66 valence electrons. The van der Waals surface area contributed by atoms with Crippen LogP contribution in [0.3, 0.4) is 0 Å². The molecule has 0 aromatic heterocycles. The van der Waals surface area contributed by atoms with Gasteiger partial charge in [-0.1, -0.05) is 0 Å². The van der Waals surface area contributed by atoms with Crippen molar-refractivity contribution in [1.82, 2.24) is 5.32 Å². The molecular formula is C9H19NO. The summed E-state index contributed by atoms with van der Waals surface area (Å²) < 4.78 is 5.27. The molecule has 0 saturated carbocycles. The highest BCUT2D eigenvalue weighted by molar-refractivity contribution is 4.79. The number of hydrogen-bond donors (Lipinski definition) is 1. The molecule has 1 N–H and O–H groups in total. The zero-order chi connectivity index (χ0) is 8.32. The fraction of sp³-hybridized carbons (Fsp3) is 1.00. The highest BCUT2D eigenvalue weighted by Gasteiger charge is 2.18. The SMILES string of the molecule is CC(C)(C)NC1CCOCC1. The van der Waals surface area contributed by atoms with Crippen molar-refractivity contribution in [3.63, 3.8) is 0 Å². The molecule has 0 aromatic rings. The Morgan fingerprint density at radius 1 is 1.18 bits per heavy atom. The minimum absolute atomic E-state index is 0.252. The average Bonchev–Trinajstić information content (AvgIpc) is 1.85. The van der Waals surface area contributed by atoms with Gasteiger partial charge in [0.1, 0.15) is 0 Å². The molecule has 1 fully saturated rings. The maximum Gasteiger partial charge on any atom is 0.0480 e. The van der Waals surface area contributed by atoms with Gasteiger partial charge in [-0.25, -0.2) is 0 Å². The molecule has 0 aromatic carbocycles. The Balaban J connectivity index is 2.24. The van der Waals surface area contributed by atoms with Crippen molar-refractivity contribution in [2.75, 3.05) is 13.2 Å². The highest BCUT2D eigenvalue weighted by atomic mass is 16.5. The summed E-state index contributed by atoms with van der Waals surface area (Å²) in [6, 6.07) is 0.670. The van der Waals surface area contributed by atoms with Crippen LogP contribution in [0.2, 0.25) is 0 Å². The van der Waals surface area contributed by atoms with Crippen molar-refractivity contribution < 1.29 is 4.74 Å². The second-order valence-electron chi connectivity index (χ2n) is 4.28. The first-order valence-corrected chi connectivity index (χ1v) is 4.43. The number of rotatable bonds is 1. The summed E-state index contributed by atoms with van der Waals surface area (Å²) >= 11 is 0. The van der Waals surface area contributed by atoms with Crippen LogP contribution in [-0.4, -0.2) is 24.8 Å². The second kappa shape index (κ2) is 3.55. The summed E-state index contributed by atoms with van der Waals surface area (Å²) in [5.74, 6) is 0. The van der Waals surface area contributed by atoms with Crippen LogP contribution >= 0.6 is 0 Å². The molecule has 11 heavy (non-hydrogen) atoms. The van der Waals surface area contributed by atoms with Crippen molar-refractivity contribution >= 4 is 0 Å². The van der Waals surface area contributed by atoms with Gasteiger partial charge in [0.15, 0.2) is 0 Å². The summed E-state index contributed by atoms with van der Waals surface area (Å²) in [5, 5.41) is 3.58. The number of hydrogen-bond acceptors (Lipinski definition) is 2. The number of nitrogens with one attached hydrogen (secondary N) is 1. The maximum absolute atomic E-state index is 5.27. The van der Waals surface area contributed by atoms with E-state index in [2.05, 4.69) is 26.1 Å². The molecule has 0 atom stereocenters. The van der Waals surface area contributed by atoms with Crippen LogP contribution in [0, 0.1) is 0 Å². The van der Waals surface area contributed by atoms with Crippen molar-refractivity contribution in [1.29, 1.82) is 0 Å². The molecule has 1 aliphatic heterocycles. The van der Waals surface area contributed by atoms with Crippen molar-refractivity contribution in [2.24, 2.45) is 0 Å². The first-order valence-electron chi connectivity index (χ1n) is 4.43.